The Kier molecular flexibility index (Phi) is 12.0. The van der Waals surface area contributed by atoms with E-state index in [1.807, 2.05) is 55.5 Å². The first kappa shape index (κ1) is 26.0. The Morgan fingerprint density at radius 1 is 0.875 bits per heavy atom. The molecule has 0 amide bonds. The second-order valence-corrected chi connectivity index (χ2v) is 8.52. The summed E-state index contributed by atoms with van der Waals surface area (Å²) < 4.78 is 18.3. The molecule has 0 radical (unpaired) electrons. The summed E-state index contributed by atoms with van der Waals surface area (Å²) in [6.07, 6.45) is 8.42. The minimum absolute atomic E-state index is 0.320. The highest BCUT2D eigenvalue weighted by Gasteiger charge is 2.15. The third-order valence-corrected chi connectivity index (χ3v) is 5.41. The second-order valence-electron chi connectivity index (χ2n) is 7.61. The number of hydrogen-bond acceptors (Lipinski definition) is 4. The molecule has 5 heteroatoms. The van der Waals surface area contributed by atoms with Crippen LogP contribution in [0.2, 0.25) is 0 Å². The van der Waals surface area contributed by atoms with Crippen LogP contribution in [0.25, 0.3) is 11.6 Å². The van der Waals surface area contributed by atoms with Crippen molar-refractivity contribution < 1.29 is 19.0 Å². The van der Waals surface area contributed by atoms with E-state index in [0.29, 0.717) is 31.1 Å². The van der Waals surface area contributed by atoms with E-state index >= 15 is 0 Å². The molecule has 2 aromatic carbocycles. The molecule has 0 saturated heterocycles. The van der Waals surface area contributed by atoms with Gasteiger partial charge in [0.05, 0.1) is 25.4 Å². The van der Waals surface area contributed by atoms with E-state index < -0.39 is 0 Å². The Morgan fingerprint density at radius 2 is 1.56 bits per heavy atom. The van der Waals surface area contributed by atoms with Crippen LogP contribution in [0, 0.1) is 0 Å². The topological polar surface area (TPSA) is 44.8 Å². The average Bonchev–Trinajstić information content (AvgIpc) is 2.79. The molecule has 0 aliphatic rings. The molecule has 2 rings (SSSR count). The third-order valence-electron chi connectivity index (χ3n) is 4.92. The van der Waals surface area contributed by atoms with Crippen LogP contribution in [0.3, 0.4) is 0 Å². The largest absolute Gasteiger partial charge is 0.490 e. The molecule has 0 aromatic heterocycles. The highest BCUT2D eigenvalue weighted by molar-refractivity contribution is 9.10. The molecule has 0 unspecified atom stereocenters. The minimum Gasteiger partial charge on any atom is -0.490 e. The molecule has 32 heavy (non-hydrogen) atoms. The van der Waals surface area contributed by atoms with Gasteiger partial charge < -0.3 is 14.2 Å². The summed E-state index contributed by atoms with van der Waals surface area (Å²) >= 11 is 3.49. The van der Waals surface area contributed by atoms with Crippen molar-refractivity contribution in [3.8, 4) is 11.5 Å². The summed E-state index contributed by atoms with van der Waals surface area (Å²) in [6, 6.07) is 13.5. The van der Waals surface area contributed by atoms with E-state index in [2.05, 4.69) is 29.8 Å². The number of hydrogen-bond donors (Lipinski definition) is 0. The summed E-state index contributed by atoms with van der Waals surface area (Å²) in [5.74, 6) is 1.11. The lowest BCUT2D eigenvalue weighted by Gasteiger charge is -2.14. The predicted octanol–water partition coefficient (Wildman–Crippen LogP) is 7.69. The number of rotatable bonds is 14. The summed E-state index contributed by atoms with van der Waals surface area (Å²) in [4.78, 5) is 12.7. The van der Waals surface area contributed by atoms with Gasteiger partial charge in [-0.25, -0.2) is 4.79 Å². The maximum absolute atomic E-state index is 12.7. The van der Waals surface area contributed by atoms with E-state index in [-0.39, 0.29) is 5.97 Å². The molecule has 0 bridgehead atoms. The lowest BCUT2D eigenvalue weighted by molar-refractivity contribution is -0.136. The standard InChI is InChI=1S/C27H35BrO4/c1-4-7-9-16-31-25-15-14-21(19-26(25)32-17-10-8-5-2)18-24(27(29)30-6-3)22-12-11-13-23(28)20-22/h11-15,18-20H,4-10,16-17H2,1-3H3. The van der Waals surface area contributed by atoms with Gasteiger partial charge in [-0.15, -0.1) is 0 Å². The molecule has 174 valence electrons. The van der Waals surface area contributed by atoms with E-state index in [0.717, 1.165) is 59.9 Å². The number of carbonyl (C=O) groups excluding carboxylic acids is 1. The van der Waals surface area contributed by atoms with Crippen molar-refractivity contribution in [1.29, 1.82) is 0 Å². The minimum atomic E-state index is -0.351. The van der Waals surface area contributed by atoms with Crippen molar-refractivity contribution in [2.45, 2.75) is 59.3 Å². The lowest BCUT2D eigenvalue weighted by Crippen LogP contribution is -2.07. The number of halogens is 1. The zero-order chi connectivity index (χ0) is 23.2. The highest BCUT2D eigenvalue weighted by Crippen LogP contribution is 2.31. The molecule has 0 saturated carbocycles. The molecule has 0 heterocycles. The van der Waals surface area contributed by atoms with Gasteiger partial charge in [-0.3, -0.25) is 0 Å². The third kappa shape index (κ3) is 8.70. The Labute approximate surface area is 201 Å². The van der Waals surface area contributed by atoms with Crippen molar-refractivity contribution in [2.24, 2.45) is 0 Å². The number of unbranched alkanes of at least 4 members (excludes halogenated alkanes) is 4. The summed E-state index contributed by atoms with van der Waals surface area (Å²) in [7, 11) is 0. The predicted molar refractivity (Wildman–Crippen MR) is 135 cm³/mol. The van der Waals surface area contributed by atoms with Crippen LogP contribution < -0.4 is 9.47 Å². The van der Waals surface area contributed by atoms with Crippen LogP contribution in [-0.4, -0.2) is 25.8 Å². The summed E-state index contributed by atoms with van der Waals surface area (Å²) in [5.41, 5.74) is 2.16. The van der Waals surface area contributed by atoms with Crippen molar-refractivity contribution in [2.75, 3.05) is 19.8 Å². The number of carbonyl (C=O) groups is 1. The van der Waals surface area contributed by atoms with Gasteiger partial charge in [-0.05, 0) is 61.2 Å². The lowest BCUT2D eigenvalue weighted by atomic mass is 10.0. The number of benzene rings is 2. The Balaban J connectivity index is 2.34. The molecular formula is C27H35BrO4. The molecule has 0 fully saturated rings. The highest BCUT2D eigenvalue weighted by atomic mass is 79.9. The van der Waals surface area contributed by atoms with Gasteiger partial charge in [0.1, 0.15) is 0 Å². The fourth-order valence-electron chi connectivity index (χ4n) is 3.21. The Morgan fingerprint density at radius 3 is 2.19 bits per heavy atom. The molecule has 0 aliphatic carbocycles. The average molecular weight is 503 g/mol. The molecule has 0 aliphatic heterocycles. The quantitative estimate of drug-likeness (QED) is 0.115. The van der Waals surface area contributed by atoms with Crippen LogP contribution in [-0.2, 0) is 9.53 Å². The van der Waals surface area contributed by atoms with E-state index in [9.17, 15) is 4.79 Å². The number of ether oxygens (including phenoxy) is 3. The van der Waals surface area contributed by atoms with Crippen LogP contribution >= 0.6 is 15.9 Å². The van der Waals surface area contributed by atoms with Gasteiger partial charge in [0.2, 0.25) is 0 Å². The Hall–Kier alpha value is -2.27. The van der Waals surface area contributed by atoms with Crippen LogP contribution in [0.15, 0.2) is 46.9 Å². The first-order chi connectivity index (χ1) is 15.6. The van der Waals surface area contributed by atoms with Gasteiger partial charge in [0, 0.05) is 4.47 Å². The maximum Gasteiger partial charge on any atom is 0.338 e. The Bertz CT molecular complexity index is 876. The normalized spacial score (nSPS) is 11.3. The van der Waals surface area contributed by atoms with Crippen molar-refractivity contribution in [3.63, 3.8) is 0 Å². The van der Waals surface area contributed by atoms with Gasteiger partial charge >= 0.3 is 5.97 Å². The van der Waals surface area contributed by atoms with Crippen LogP contribution in [0.4, 0.5) is 0 Å². The zero-order valence-corrected chi connectivity index (χ0v) is 21.1. The van der Waals surface area contributed by atoms with Crippen molar-refractivity contribution >= 4 is 33.5 Å². The van der Waals surface area contributed by atoms with Crippen molar-refractivity contribution in [3.05, 3.63) is 58.1 Å². The van der Waals surface area contributed by atoms with Crippen LogP contribution in [0.5, 0.6) is 11.5 Å². The maximum atomic E-state index is 12.7. The number of esters is 1. The van der Waals surface area contributed by atoms with E-state index in [1.165, 1.54) is 0 Å². The smallest absolute Gasteiger partial charge is 0.338 e. The fourth-order valence-corrected chi connectivity index (χ4v) is 3.61. The fraction of sp³-hybridized carbons (Fsp3) is 0.444. The summed E-state index contributed by atoms with van der Waals surface area (Å²) in [5, 5.41) is 0. The van der Waals surface area contributed by atoms with Gasteiger partial charge in [-0.1, -0.05) is 73.7 Å². The molecule has 0 atom stereocenters. The molecule has 4 nitrogen and oxygen atoms in total. The van der Waals surface area contributed by atoms with Crippen LogP contribution in [0.1, 0.15) is 70.4 Å². The molecule has 2 aromatic rings. The van der Waals surface area contributed by atoms with E-state index in [4.69, 9.17) is 14.2 Å². The summed E-state index contributed by atoms with van der Waals surface area (Å²) in [6.45, 7) is 7.79. The second kappa shape index (κ2) is 14.7. The van der Waals surface area contributed by atoms with Gasteiger partial charge in [0.25, 0.3) is 0 Å². The van der Waals surface area contributed by atoms with Crippen molar-refractivity contribution in [1.82, 2.24) is 0 Å². The first-order valence-corrected chi connectivity index (χ1v) is 12.4. The molecule has 0 N–H and O–H groups in total. The monoisotopic (exact) mass is 502 g/mol. The SMILES string of the molecule is CCCCCOc1ccc(C=C(C(=O)OCC)c2cccc(Br)c2)cc1OCCCCC. The van der Waals surface area contributed by atoms with Gasteiger partial charge in [-0.2, -0.15) is 0 Å². The van der Waals surface area contributed by atoms with E-state index in [1.54, 1.807) is 0 Å². The van der Waals surface area contributed by atoms with Gasteiger partial charge in [0.15, 0.2) is 11.5 Å². The first-order valence-electron chi connectivity index (χ1n) is 11.6. The zero-order valence-electron chi connectivity index (χ0n) is 19.5. The molecular weight excluding hydrogens is 468 g/mol. The molecule has 0 spiro atoms.